The second-order valence-electron chi connectivity index (χ2n) is 8.07. The monoisotopic (exact) mass is 268 g/mol. The van der Waals surface area contributed by atoms with Gasteiger partial charge in [-0.3, -0.25) is 0 Å². The van der Waals surface area contributed by atoms with E-state index in [4.69, 9.17) is 4.74 Å². The number of aliphatic hydroxyl groups excluding tert-OH is 2. The maximum Gasteiger partial charge on any atom is 0.0842 e. The predicted octanol–water partition coefficient (Wildman–Crippen LogP) is 2.35. The summed E-state index contributed by atoms with van der Waals surface area (Å²) in [5, 5.41) is 20.9. The fraction of sp³-hybridized carbons (Fsp3) is 1.00. The summed E-state index contributed by atoms with van der Waals surface area (Å²) in [5.74, 6) is 0.505. The molecule has 0 unspecified atom stereocenters. The molecular weight excluding hydrogens is 240 g/mol. The molecule has 0 heterocycles. The van der Waals surface area contributed by atoms with E-state index < -0.39 is 0 Å². The minimum Gasteiger partial charge on any atom is -0.396 e. The van der Waals surface area contributed by atoms with E-state index >= 15 is 0 Å². The van der Waals surface area contributed by atoms with Crippen molar-refractivity contribution < 1.29 is 14.9 Å². The van der Waals surface area contributed by atoms with Crippen molar-refractivity contribution in [2.24, 2.45) is 22.2 Å². The van der Waals surface area contributed by atoms with Crippen molar-refractivity contribution in [1.82, 2.24) is 0 Å². The van der Waals surface area contributed by atoms with E-state index in [-0.39, 0.29) is 34.6 Å². The molecule has 2 N–H and O–H groups in total. The molecule has 3 saturated carbocycles. The first-order valence-corrected chi connectivity index (χ1v) is 7.64. The van der Waals surface area contributed by atoms with E-state index in [1.807, 2.05) is 0 Å². The first-order valence-electron chi connectivity index (χ1n) is 7.64. The van der Waals surface area contributed by atoms with Crippen molar-refractivity contribution in [2.45, 2.75) is 64.6 Å². The van der Waals surface area contributed by atoms with Crippen LogP contribution in [0.3, 0.4) is 0 Å². The second kappa shape index (κ2) is 3.75. The second-order valence-corrected chi connectivity index (χ2v) is 8.07. The fourth-order valence-corrected chi connectivity index (χ4v) is 6.40. The Morgan fingerprint density at radius 2 is 1.84 bits per heavy atom. The van der Waals surface area contributed by atoms with Gasteiger partial charge in [-0.15, -0.1) is 0 Å². The smallest absolute Gasteiger partial charge is 0.0842 e. The molecule has 3 heteroatoms. The highest BCUT2D eigenvalue weighted by Gasteiger charge is 2.77. The maximum absolute atomic E-state index is 10.6. The zero-order valence-electron chi connectivity index (χ0n) is 12.7. The quantitative estimate of drug-likeness (QED) is 0.808. The van der Waals surface area contributed by atoms with Gasteiger partial charge >= 0.3 is 0 Å². The van der Waals surface area contributed by atoms with E-state index in [9.17, 15) is 10.2 Å². The molecule has 0 spiro atoms. The lowest BCUT2D eigenvalue weighted by atomic mass is 9.45. The molecule has 3 fully saturated rings. The lowest BCUT2D eigenvalue weighted by molar-refractivity contribution is -0.273. The first kappa shape index (κ1) is 13.8. The Balaban J connectivity index is 2.23. The molecule has 19 heavy (non-hydrogen) atoms. The van der Waals surface area contributed by atoms with E-state index in [2.05, 4.69) is 20.8 Å². The Labute approximate surface area is 116 Å². The molecule has 3 aliphatic carbocycles. The van der Waals surface area contributed by atoms with Crippen LogP contribution < -0.4 is 0 Å². The number of aliphatic hydroxyl groups is 2. The predicted molar refractivity (Wildman–Crippen MR) is 73.7 cm³/mol. The van der Waals surface area contributed by atoms with Crippen molar-refractivity contribution in [1.29, 1.82) is 0 Å². The summed E-state index contributed by atoms with van der Waals surface area (Å²) >= 11 is 0. The van der Waals surface area contributed by atoms with Gasteiger partial charge in [0.25, 0.3) is 0 Å². The zero-order chi connectivity index (χ0) is 14.1. The third-order valence-electron chi connectivity index (χ3n) is 7.22. The van der Waals surface area contributed by atoms with Crippen LogP contribution in [0.15, 0.2) is 0 Å². The average molecular weight is 268 g/mol. The van der Waals surface area contributed by atoms with E-state index in [0.29, 0.717) is 5.92 Å². The van der Waals surface area contributed by atoms with Crippen molar-refractivity contribution >= 4 is 0 Å². The Morgan fingerprint density at radius 3 is 2.42 bits per heavy atom. The van der Waals surface area contributed by atoms with Gasteiger partial charge in [-0.2, -0.15) is 0 Å². The molecular formula is C16H28O3. The van der Waals surface area contributed by atoms with Gasteiger partial charge in [-0.05, 0) is 43.4 Å². The van der Waals surface area contributed by atoms with Crippen molar-refractivity contribution in [3.8, 4) is 0 Å². The van der Waals surface area contributed by atoms with Crippen LogP contribution >= 0.6 is 0 Å². The van der Waals surface area contributed by atoms with Gasteiger partial charge in [0.2, 0.25) is 0 Å². The molecule has 3 nitrogen and oxygen atoms in total. The van der Waals surface area contributed by atoms with Gasteiger partial charge in [-0.25, -0.2) is 0 Å². The average Bonchev–Trinajstić information content (AvgIpc) is 2.50. The normalized spacial score (nSPS) is 55.3. The summed E-state index contributed by atoms with van der Waals surface area (Å²) in [6, 6.07) is 0. The van der Waals surface area contributed by atoms with Crippen LogP contribution in [0.25, 0.3) is 0 Å². The van der Waals surface area contributed by atoms with Gasteiger partial charge < -0.3 is 14.9 Å². The van der Waals surface area contributed by atoms with Crippen molar-refractivity contribution in [3.05, 3.63) is 0 Å². The molecule has 0 aromatic heterocycles. The number of rotatable bonds is 2. The van der Waals surface area contributed by atoms with Crippen LogP contribution in [0.1, 0.15) is 52.9 Å². The highest BCUT2D eigenvalue weighted by Crippen LogP contribution is 2.75. The first-order chi connectivity index (χ1) is 8.80. The summed E-state index contributed by atoms with van der Waals surface area (Å²) in [5.41, 5.74) is -0.552. The number of hydrogen-bond donors (Lipinski definition) is 2. The van der Waals surface area contributed by atoms with Crippen molar-refractivity contribution in [2.75, 3.05) is 13.7 Å². The van der Waals surface area contributed by atoms with Gasteiger partial charge in [0.1, 0.15) is 0 Å². The van der Waals surface area contributed by atoms with Crippen LogP contribution in [0.4, 0.5) is 0 Å². The third-order valence-corrected chi connectivity index (χ3v) is 7.22. The molecule has 5 atom stereocenters. The largest absolute Gasteiger partial charge is 0.396 e. The minimum absolute atomic E-state index is 0.155. The molecule has 3 aliphatic rings. The van der Waals surface area contributed by atoms with Crippen LogP contribution in [0.2, 0.25) is 0 Å². The molecule has 0 aromatic carbocycles. The molecule has 0 radical (unpaired) electrons. The van der Waals surface area contributed by atoms with E-state index in [0.717, 1.165) is 32.1 Å². The van der Waals surface area contributed by atoms with Crippen LogP contribution in [-0.4, -0.2) is 35.6 Å². The Hall–Kier alpha value is -0.120. The summed E-state index contributed by atoms with van der Waals surface area (Å²) < 4.78 is 6.12. The number of ether oxygens (including phenoxy) is 1. The van der Waals surface area contributed by atoms with Crippen LogP contribution in [-0.2, 0) is 4.74 Å². The molecule has 110 valence electrons. The Bertz CT molecular complexity index is 393. The molecule has 0 aliphatic heterocycles. The maximum atomic E-state index is 10.6. The Kier molecular flexibility index (Phi) is 2.73. The molecule has 0 amide bonds. The number of hydrogen-bond acceptors (Lipinski definition) is 3. The minimum atomic E-state index is -0.362. The van der Waals surface area contributed by atoms with E-state index in [1.54, 1.807) is 7.11 Å². The standard InChI is InChI=1S/C16H28O3/c1-13(2)9-16(19-4)14(3)7-5-11(13)15(16,10-17)8-6-12(14)18/h11-12,17-18H,5-10H2,1-4H3/t11-,12+,14-,15+,16+/m0/s1. The topological polar surface area (TPSA) is 49.7 Å². The molecule has 3 rings (SSSR count). The SMILES string of the molecule is CO[C@]12CC(C)(C)[C@@H]3CC[C@@]1(C)[C@H](O)CC[C@@]32CO. The third kappa shape index (κ3) is 1.26. The van der Waals surface area contributed by atoms with Gasteiger partial charge in [0.05, 0.1) is 18.3 Å². The van der Waals surface area contributed by atoms with Crippen LogP contribution in [0, 0.1) is 22.2 Å². The lowest BCUT2D eigenvalue weighted by Crippen LogP contribution is -2.69. The summed E-state index contributed by atoms with van der Waals surface area (Å²) in [4.78, 5) is 0. The highest BCUT2D eigenvalue weighted by atomic mass is 16.5. The van der Waals surface area contributed by atoms with Gasteiger partial charge in [0, 0.05) is 17.9 Å². The Morgan fingerprint density at radius 1 is 1.16 bits per heavy atom. The fourth-order valence-electron chi connectivity index (χ4n) is 6.40. The summed E-state index contributed by atoms with van der Waals surface area (Å²) in [6.07, 6.45) is 4.46. The van der Waals surface area contributed by atoms with E-state index in [1.165, 1.54) is 0 Å². The highest BCUT2D eigenvalue weighted by molar-refractivity contribution is 5.26. The zero-order valence-corrected chi connectivity index (χ0v) is 12.7. The molecule has 0 aromatic rings. The molecule has 4 bridgehead atoms. The number of methoxy groups -OCH3 is 1. The molecule has 0 saturated heterocycles. The lowest BCUT2D eigenvalue weighted by Gasteiger charge is -2.64. The van der Waals surface area contributed by atoms with Gasteiger partial charge in [-0.1, -0.05) is 20.8 Å². The van der Waals surface area contributed by atoms with Crippen LogP contribution in [0.5, 0.6) is 0 Å². The summed E-state index contributed by atoms with van der Waals surface area (Å²) in [7, 11) is 1.78. The summed E-state index contributed by atoms with van der Waals surface area (Å²) in [6.45, 7) is 7.00. The van der Waals surface area contributed by atoms with Crippen molar-refractivity contribution in [3.63, 3.8) is 0 Å². The van der Waals surface area contributed by atoms with Gasteiger partial charge in [0.15, 0.2) is 0 Å².